The Balaban J connectivity index is 2.47. The standard InChI is InChI=1S/C15H19NO3/c1-4-16-9-11(7-10(2)15(17)18)13-6-5-12(19-3)8-14(13)16/h5-6,8-10H,4,7H2,1-3H3,(H,17,18). The molecular weight excluding hydrogens is 242 g/mol. The zero-order valence-electron chi connectivity index (χ0n) is 11.5. The molecule has 1 heterocycles. The predicted octanol–water partition coefficient (Wildman–Crippen LogP) is 2.93. The molecule has 0 spiro atoms. The maximum atomic E-state index is 11.0. The molecule has 1 unspecified atom stereocenters. The normalized spacial score (nSPS) is 12.6. The van der Waals surface area contributed by atoms with E-state index < -0.39 is 5.97 Å². The summed E-state index contributed by atoms with van der Waals surface area (Å²) >= 11 is 0. The van der Waals surface area contributed by atoms with Gasteiger partial charge >= 0.3 is 5.97 Å². The molecule has 0 aliphatic heterocycles. The minimum absolute atomic E-state index is 0.377. The third-order valence-corrected chi connectivity index (χ3v) is 3.46. The fourth-order valence-electron chi connectivity index (χ4n) is 2.32. The molecule has 1 N–H and O–H groups in total. The highest BCUT2D eigenvalue weighted by atomic mass is 16.5. The van der Waals surface area contributed by atoms with Gasteiger partial charge in [0.05, 0.1) is 18.5 Å². The predicted molar refractivity (Wildman–Crippen MR) is 74.7 cm³/mol. The Morgan fingerprint density at radius 3 is 2.79 bits per heavy atom. The van der Waals surface area contributed by atoms with E-state index in [2.05, 4.69) is 11.5 Å². The van der Waals surface area contributed by atoms with E-state index in [1.807, 2.05) is 24.4 Å². The number of carboxylic acids is 1. The van der Waals surface area contributed by atoms with Crippen LogP contribution in [-0.4, -0.2) is 22.8 Å². The molecule has 1 atom stereocenters. The number of fused-ring (bicyclic) bond motifs is 1. The van der Waals surface area contributed by atoms with E-state index in [9.17, 15) is 4.79 Å². The molecule has 0 aliphatic carbocycles. The quantitative estimate of drug-likeness (QED) is 0.900. The third-order valence-electron chi connectivity index (χ3n) is 3.46. The van der Waals surface area contributed by atoms with E-state index in [-0.39, 0.29) is 5.92 Å². The summed E-state index contributed by atoms with van der Waals surface area (Å²) in [5, 5.41) is 10.1. The number of methoxy groups -OCH3 is 1. The lowest BCUT2D eigenvalue weighted by molar-refractivity contribution is -0.141. The van der Waals surface area contributed by atoms with Crippen LogP contribution in [0.25, 0.3) is 10.9 Å². The number of hydrogen-bond acceptors (Lipinski definition) is 2. The van der Waals surface area contributed by atoms with Crippen molar-refractivity contribution in [2.24, 2.45) is 5.92 Å². The fourth-order valence-corrected chi connectivity index (χ4v) is 2.32. The topological polar surface area (TPSA) is 51.5 Å². The van der Waals surface area contributed by atoms with E-state index >= 15 is 0 Å². The lowest BCUT2D eigenvalue weighted by Crippen LogP contribution is -2.11. The van der Waals surface area contributed by atoms with Gasteiger partial charge < -0.3 is 14.4 Å². The van der Waals surface area contributed by atoms with Gasteiger partial charge in [-0.3, -0.25) is 4.79 Å². The van der Waals surface area contributed by atoms with Crippen molar-refractivity contribution >= 4 is 16.9 Å². The molecule has 0 amide bonds. The fraction of sp³-hybridized carbons (Fsp3) is 0.400. The van der Waals surface area contributed by atoms with Crippen LogP contribution in [0.15, 0.2) is 24.4 Å². The number of carbonyl (C=O) groups is 1. The summed E-state index contributed by atoms with van der Waals surface area (Å²) in [5.74, 6) is -0.318. The highest BCUT2D eigenvalue weighted by molar-refractivity contribution is 5.86. The van der Waals surface area contributed by atoms with Crippen molar-refractivity contribution in [3.63, 3.8) is 0 Å². The van der Waals surface area contributed by atoms with Gasteiger partial charge in [0.2, 0.25) is 0 Å². The Hall–Kier alpha value is -1.97. The first-order valence-corrected chi connectivity index (χ1v) is 6.45. The lowest BCUT2D eigenvalue weighted by Gasteiger charge is -2.05. The smallest absolute Gasteiger partial charge is 0.306 e. The molecule has 0 aliphatic rings. The van der Waals surface area contributed by atoms with Crippen molar-refractivity contribution in [2.45, 2.75) is 26.8 Å². The molecule has 102 valence electrons. The summed E-state index contributed by atoms with van der Waals surface area (Å²) in [6.07, 6.45) is 2.59. The van der Waals surface area contributed by atoms with Gasteiger partial charge in [-0.15, -0.1) is 0 Å². The van der Waals surface area contributed by atoms with Crippen LogP contribution in [0.3, 0.4) is 0 Å². The average Bonchev–Trinajstić information content (AvgIpc) is 2.75. The number of aromatic nitrogens is 1. The molecule has 1 aromatic carbocycles. The zero-order chi connectivity index (χ0) is 14.0. The van der Waals surface area contributed by atoms with Gasteiger partial charge in [0, 0.05) is 24.2 Å². The molecular formula is C15H19NO3. The molecule has 4 heteroatoms. The largest absolute Gasteiger partial charge is 0.497 e. The van der Waals surface area contributed by atoms with Gasteiger partial charge in [0.25, 0.3) is 0 Å². The van der Waals surface area contributed by atoms with Crippen molar-refractivity contribution in [3.05, 3.63) is 30.0 Å². The molecule has 2 aromatic rings. The van der Waals surface area contributed by atoms with E-state index in [4.69, 9.17) is 9.84 Å². The summed E-state index contributed by atoms with van der Waals surface area (Å²) in [5.41, 5.74) is 2.17. The highest BCUT2D eigenvalue weighted by Crippen LogP contribution is 2.27. The van der Waals surface area contributed by atoms with Crippen LogP contribution >= 0.6 is 0 Å². The van der Waals surface area contributed by atoms with Crippen molar-refractivity contribution in [2.75, 3.05) is 7.11 Å². The number of hydrogen-bond donors (Lipinski definition) is 1. The van der Waals surface area contributed by atoms with E-state index in [1.165, 1.54) is 0 Å². The first-order valence-electron chi connectivity index (χ1n) is 6.45. The van der Waals surface area contributed by atoms with Crippen LogP contribution < -0.4 is 4.74 Å². The number of nitrogens with zero attached hydrogens (tertiary/aromatic N) is 1. The van der Waals surface area contributed by atoms with Gasteiger partial charge in [0.15, 0.2) is 0 Å². The molecule has 1 aromatic heterocycles. The number of rotatable bonds is 5. The maximum absolute atomic E-state index is 11.0. The molecule has 19 heavy (non-hydrogen) atoms. The van der Waals surface area contributed by atoms with Gasteiger partial charge in [-0.25, -0.2) is 0 Å². The maximum Gasteiger partial charge on any atom is 0.306 e. The summed E-state index contributed by atoms with van der Waals surface area (Å²) in [4.78, 5) is 11.0. The van der Waals surface area contributed by atoms with Crippen LogP contribution in [0.4, 0.5) is 0 Å². The van der Waals surface area contributed by atoms with E-state index in [0.717, 1.165) is 28.8 Å². The number of aliphatic carboxylic acids is 1. The Bertz CT molecular complexity index is 601. The van der Waals surface area contributed by atoms with Gasteiger partial charge in [-0.1, -0.05) is 6.92 Å². The molecule has 0 saturated carbocycles. The number of aryl methyl sites for hydroxylation is 1. The van der Waals surface area contributed by atoms with E-state index in [1.54, 1.807) is 14.0 Å². The second-order valence-electron chi connectivity index (χ2n) is 4.77. The molecule has 4 nitrogen and oxygen atoms in total. The first-order chi connectivity index (χ1) is 9.06. The number of benzene rings is 1. The highest BCUT2D eigenvalue weighted by Gasteiger charge is 2.16. The second-order valence-corrected chi connectivity index (χ2v) is 4.77. The zero-order valence-corrected chi connectivity index (χ0v) is 11.5. The van der Waals surface area contributed by atoms with Crippen LogP contribution in [0.1, 0.15) is 19.4 Å². The second kappa shape index (κ2) is 5.34. The monoisotopic (exact) mass is 261 g/mol. The van der Waals surface area contributed by atoms with Crippen LogP contribution in [0, 0.1) is 5.92 Å². The summed E-state index contributed by atoms with van der Waals surface area (Å²) in [7, 11) is 1.65. The third kappa shape index (κ3) is 2.57. The molecule has 2 rings (SSSR count). The molecule has 0 radical (unpaired) electrons. The summed E-state index contributed by atoms with van der Waals surface area (Å²) in [6, 6.07) is 5.91. The molecule has 0 fully saturated rings. The minimum Gasteiger partial charge on any atom is -0.497 e. The summed E-state index contributed by atoms with van der Waals surface area (Å²) < 4.78 is 7.37. The van der Waals surface area contributed by atoms with Gasteiger partial charge in [-0.05, 0) is 31.0 Å². The Morgan fingerprint density at radius 1 is 1.47 bits per heavy atom. The van der Waals surface area contributed by atoms with E-state index in [0.29, 0.717) is 6.42 Å². The van der Waals surface area contributed by atoms with Crippen LogP contribution in [0.2, 0.25) is 0 Å². The Labute approximate surface area is 112 Å². The molecule has 0 saturated heterocycles. The van der Waals surface area contributed by atoms with Gasteiger partial charge in [-0.2, -0.15) is 0 Å². The molecule has 0 bridgehead atoms. The first kappa shape index (κ1) is 13.5. The SMILES string of the molecule is CCn1cc(CC(C)C(=O)O)c2ccc(OC)cc21. The Morgan fingerprint density at radius 2 is 2.21 bits per heavy atom. The van der Waals surface area contributed by atoms with Crippen molar-refractivity contribution in [1.82, 2.24) is 4.57 Å². The van der Waals surface area contributed by atoms with Crippen molar-refractivity contribution in [1.29, 1.82) is 0 Å². The Kier molecular flexibility index (Phi) is 3.79. The van der Waals surface area contributed by atoms with Gasteiger partial charge in [0.1, 0.15) is 5.75 Å². The van der Waals surface area contributed by atoms with Crippen LogP contribution in [0.5, 0.6) is 5.75 Å². The van der Waals surface area contributed by atoms with Crippen molar-refractivity contribution < 1.29 is 14.6 Å². The summed E-state index contributed by atoms with van der Waals surface area (Å²) in [6.45, 7) is 4.66. The lowest BCUT2D eigenvalue weighted by atomic mass is 10.0. The van der Waals surface area contributed by atoms with Crippen molar-refractivity contribution in [3.8, 4) is 5.75 Å². The minimum atomic E-state index is -0.758. The number of carboxylic acid groups (broad SMARTS) is 1. The number of ether oxygens (including phenoxy) is 1. The average molecular weight is 261 g/mol. The van der Waals surface area contributed by atoms with Crippen LogP contribution in [-0.2, 0) is 17.8 Å².